The fourth-order valence-electron chi connectivity index (χ4n) is 2.01. The van der Waals surface area contributed by atoms with Crippen molar-refractivity contribution in [2.45, 2.75) is 27.3 Å². The average molecular weight is 257 g/mol. The predicted molar refractivity (Wildman–Crippen MR) is 71.8 cm³/mol. The van der Waals surface area contributed by atoms with E-state index in [1.807, 2.05) is 13.8 Å². The number of aryl methyl sites for hydroxylation is 2. The van der Waals surface area contributed by atoms with Crippen molar-refractivity contribution in [2.75, 3.05) is 5.32 Å². The van der Waals surface area contributed by atoms with Gasteiger partial charge in [0.15, 0.2) is 5.65 Å². The van der Waals surface area contributed by atoms with E-state index in [1.165, 1.54) is 11.9 Å². The highest BCUT2D eigenvalue weighted by molar-refractivity contribution is 5.88. The summed E-state index contributed by atoms with van der Waals surface area (Å²) in [6, 6.07) is 0. The second-order valence-corrected chi connectivity index (χ2v) is 4.54. The number of rotatable bonds is 3. The molecular weight excluding hydrogens is 242 g/mol. The van der Waals surface area contributed by atoms with Crippen LogP contribution in [0.25, 0.3) is 11.0 Å². The van der Waals surface area contributed by atoms with Crippen molar-refractivity contribution in [3.05, 3.63) is 29.0 Å². The predicted octanol–water partition coefficient (Wildman–Crippen LogP) is 1.61. The highest BCUT2D eigenvalue weighted by atomic mass is 15.2. The molecule has 0 radical (unpaired) electrons. The standard InChI is InChI=1S/C12H15N7/c1-6-7(2)16-18-9(6)4-13-11-10-8(3)17-19-12(10)15-5-14-11/h5H,4H2,1-3H3,(H,16,18)(H2,13,14,15,17,19). The van der Waals surface area contributed by atoms with Gasteiger partial charge in [-0.3, -0.25) is 10.2 Å². The van der Waals surface area contributed by atoms with Crippen molar-refractivity contribution < 1.29 is 0 Å². The Hall–Kier alpha value is -2.44. The Bertz CT molecular complexity index is 725. The van der Waals surface area contributed by atoms with Gasteiger partial charge in [0, 0.05) is 11.4 Å². The maximum atomic E-state index is 4.27. The maximum absolute atomic E-state index is 4.27. The van der Waals surface area contributed by atoms with E-state index in [0.29, 0.717) is 12.2 Å². The molecule has 3 N–H and O–H groups in total. The van der Waals surface area contributed by atoms with Crippen LogP contribution in [0.2, 0.25) is 0 Å². The number of fused-ring (bicyclic) bond motifs is 1. The molecule has 0 atom stereocenters. The molecule has 7 nitrogen and oxygen atoms in total. The fraction of sp³-hybridized carbons (Fsp3) is 0.333. The van der Waals surface area contributed by atoms with E-state index in [1.54, 1.807) is 0 Å². The quantitative estimate of drug-likeness (QED) is 0.662. The van der Waals surface area contributed by atoms with Gasteiger partial charge < -0.3 is 5.32 Å². The van der Waals surface area contributed by atoms with E-state index >= 15 is 0 Å². The molecule has 0 saturated carbocycles. The molecule has 0 saturated heterocycles. The van der Waals surface area contributed by atoms with E-state index in [2.05, 4.69) is 42.6 Å². The lowest BCUT2D eigenvalue weighted by atomic mass is 10.2. The Morgan fingerprint density at radius 2 is 1.84 bits per heavy atom. The second kappa shape index (κ2) is 4.34. The summed E-state index contributed by atoms with van der Waals surface area (Å²) in [6.07, 6.45) is 1.51. The number of aromatic amines is 2. The maximum Gasteiger partial charge on any atom is 0.186 e. The molecule has 0 spiro atoms. The number of anilines is 1. The summed E-state index contributed by atoms with van der Waals surface area (Å²) in [6.45, 7) is 6.63. The first-order valence-corrected chi connectivity index (χ1v) is 6.07. The third-order valence-corrected chi connectivity index (χ3v) is 3.31. The molecule has 0 amide bonds. The van der Waals surface area contributed by atoms with Gasteiger partial charge in [-0.1, -0.05) is 0 Å². The van der Waals surface area contributed by atoms with Crippen molar-refractivity contribution >= 4 is 16.9 Å². The zero-order valence-electron chi connectivity index (χ0n) is 11.1. The van der Waals surface area contributed by atoms with Gasteiger partial charge in [0.2, 0.25) is 0 Å². The Kier molecular flexibility index (Phi) is 2.66. The number of aromatic nitrogens is 6. The lowest BCUT2D eigenvalue weighted by molar-refractivity contribution is 0.960. The van der Waals surface area contributed by atoms with Crippen molar-refractivity contribution in [3.63, 3.8) is 0 Å². The smallest absolute Gasteiger partial charge is 0.186 e. The van der Waals surface area contributed by atoms with Crippen LogP contribution in [-0.4, -0.2) is 30.4 Å². The van der Waals surface area contributed by atoms with Gasteiger partial charge >= 0.3 is 0 Å². The minimum atomic E-state index is 0.618. The summed E-state index contributed by atoms with van der Waals surface area (Å²) in [7, 11) is 0. The van der Waals surface area contributed by atoms with Crippen LogP contribution in [0.1, 0.15) is 22.6 Å². The van der Waals surface area contributed by atoms with Crippen LogP contribution < -0.4 is 5.32 Å². The van der Waals surface area contributed by atoms with Crippen LogP contribution in [0.4, 0.5) is 5.82 Å². The summed E-state index contributed by atoms with van der Waals surface area (Å²) in [5.74, 6) is 0.774. The Morgan fingerprint density at radius 3 is 2.58 bits per heavy atom. The summed E-state index contributed by atoms with van der Waals surface area (Å²) in [4.78, 5) is 8.40. The Balaban J connectivity index is 1.90. The van der Waals surface area contributed by atoms with Crippen LogP contribution in [-0.2, 0) is 6.54 Å². The zero-order chi connectivity index (χ0) is 13.4. The molecule has 0 aliphatic rings. The van der Waals surface area contributed by atoms with E-state index in [-0.39, 0.29) is 0 Å². The van der Waals surface area contributed by atoms with Crippen molar-refractivity contribution in [1.82, 2.24) is 30.4 Å². The van der Waals surface area contributed by atoms with Crippen molar-refractivity contribution in [1.29, 1.82) is 0 Å². The topological polar surface area (TPSA) is 95.2 Å². The lowest BCUT2D eigenvalue weighted by Gasteiger charge is -2.05. The Labute approximate surface area is 109 Å². The molecule has 3 aromatic heterocycles. The molecule has 3 aromatic rings. The van der Waals surface area contributed by atoms with Gasteiger partial charge in [0.1, 0.15) is 12.1 Å². The molecule has 7 heteroatoms. The monoisotopic (exact) mass is 257 g/mol. The zero-order valence-corrected chi connectivity index (χ0v) is 11.1. The minimum absolute atomic E-state index is 0.618. The van der Waals surface area contributed by atoms with Gasteiger partial charge in [-0.25, -0.2) is 9.97 Å². The number of nitrogens with zero attached hydrogens (tertiary/aromatic N) is 4. The normalized spacial score (nSPS) is 11.1. The van der Waals surface area contributed by atoms with Crippen molar-refractivity contribution in [3.8, 4) is 0 Å². The number of nitrogens with one attached hydrogen (secondary N) is 3. The summed E-state index contributed by atoms with van der Waals surface area (Å²) in [5, 5.41) is 18.5. The second-order valence-electron chi connectivity index (χ2n) is 4.54. The molecule has 0 aromatic carbocycles. The molecule has 0 unspecified atom stereocenters. The van der Waals surface area contributed by atoms with E-state index in [4.69, 9.17) is 0 Å². The van der Waals surface area contributed by atoms with Crippen LogP contribution in [0, 0.1) is 20.8 Å². The molecule has 0 bridgehead atoms. The Morgan fingerprint density at radius 1 is 1.05 bits per heavy atom. The van der Waals surface area contributed by atoms with Gasteiger partial charge in [0.05, 0.1) is 17.6 Å². The number of hydrogen-bond acceptors (Lipinski definition) is 5. The minimum Gasteiger partial charge on any atom is -0.364 e. The molecule has 3 heterocycles. The first-order valence-electron chi connectivity index (χ1n) is 6.07. The fourth-order valence-corrected chi connectivity index (χ4v) is 2.01. The molecule has 3 rings (SSSR count). The molecular formula is C12H15N7. The van der Waals surface area contributed by atoms with E-state index in [0.717, 1.165) is 28.3 Å². The highest BCUT2D eigenvalue weighted by Gasteiger charge is 2.11. The number of hydrogen-bond donors (Lipinski definition) is 3. The van der Waals surface area contributed by atoms with Crippen LogP contribution >= 0.6 is 0 Å². The first kappa shape index (κ1) is 11.6. The van der Waals surface area contributed by atoms with E-state index in [9.17, 15) is 0 Å². The van der Waals surface area contributed by atoms with Crippen LogP contribution in [0.5, 0.6) is 0 Å². The summed E-state index contributed by atoms with van der Waals surface area (Å²) in [5.41, 5.74) is 4.87. The number of H-pyrrole nitrogens is 2. The SMILES string of the molecule is Cc1[nH]nc(CNc2ncnc3n[nH]c(C)c23)c1C. The summed E-state index contributed by atoms with van der Waals surface area (Å²) < 4.78 is 0. The van der Waals surface area contributed by atoms with Gasteiger partial charge in [0.25, 0.3) is 0 Å². The molecule has 0 aliphatic heterocycles. The first-order chi connectivity index (χ1) is 9.16. The third-order valence-electron chi connectivity index (χ3n) is 3.31. The summed E-state index contributed by atoms with van der Waals surface area (Å²) >= 11 is 0. The molecule has 0 fully saturated rings. The largest absolute Gasteiger partial charge is 0.364 e. The molecule has 19 heavy (non-hydrogen) atoms. The highest BCUT2D eigenvalue weighted by Crippen LogP contribution is 2.21. The van der Waals surface area contributed by atoms with Crippen LogP contribution in [0.3, 0.4) is 0 Å². The van der Waals surface area contributed by atoms with Crippen LogP contribution in [0.15, 0.2) is 6.33 Å². The molecule has 0 aliphatic carbocycles. The average Bonchev–Trinajstić information content (AvgIpc) is 2.94. The van der Waals surface area contributed by atoms with Gasteiger partial charge in [-0.05, 0) is 26.3 Å². The third kappa shape index (κ3) is 1.92. The van der Waals surface area contributed by atoms with Gasteiger partial charge in [-0.2, -0.15) is 10.2 Å². The van der Waals surface area contributed by atoms with E-state index < -0.39 is 0 Å². The molecule has 98 valence electrons. The lowest BCUT2D eigenvalue weighted by Crippen LogP contribution is -2.04. The van der Waals surface area contributed by atoms with Crippen molar-refractivity contribution in [2.24, 2.45) is 0 Å². The van der Waals surface area contributed by atoms with Gasteiger partial charge in [-0.15, -0.1) is 0 Å².